The predicted octanol–water partition coefficient (Wildman–Crippen LogP) is 2.24. The smallest absolute Gasteiger partial charge is 0.0757 e. The van der Waals surface area contributed by atoms with Crippen LogP contribution in [0.2, 0.25) is 0 Å². The number of rotatable bonds is 0. The van der Waals surface area contributed by atoms with Gasteiger partial charge >= 0.3 is 0 Å². The lowest BCUT2D eigenvalue weighted by molar-refractivity contribution is 0.179. The summed E-state index contributed by atoms with van der Waals surface area (Å²) in [6, 6.07) is 0. The Kier molecular flexibility index (Phi) is 2.98. The number of aliphatic hydroxyl groups excluding tert-OH is 1. The molecule has 0 bridgehead atoms. The summed E-state index contributed by atoms with van der Waals surface area (Å²) >= 11 is 2.20. The molecule has 0 unspecified atom stereocenters. The van der Waals surface area contributed by atoms with E-state index in [4.69, 9.17) is 0 Å². The van der Waals surface area contributed by atoms with Gasteiger partial charge in [-0.15, -0.1) is 0 Å². The second-order valence-corrected chi connectivity index (χ2v) is 3.07. The van der Waals surface area contributed by atoms with Gasteiger partial charge in [0.15, 0.2) is 0 Å². The van der Waals surface area contributed by atoms with E-state index in [0.29, 0.717) is 0 Å². The second-order valence-electron chi connectivity index (χ2n) is 2.45. The van der Waals surface area contributed by atoms with E-state index in [1.807, 2.05) is 4.08 Å². The topological polar surface area (TPSA) is 20.2 Å². The molecule has 2 heteroatoms. The average Bonchev–Trinajstić information content (AvgIpc) is 1.89. The van der Waals surface area contributed by atoms with Gasteiger partial charge in [0.05, 0.1) is 6.10 Å². The molecule has 0 aromatic heterocycles. The molecule has 0 radical (unpaired) electrons. The molecule has 1 N–H and O–H groups in total. The quantitative estimate of drug-likeness (QED) is 0.641. The maximum atomic E-state index is 9.30. The Morgan fingerprint density at radius 3 is 2.78 bits per heavy atom. The third kappa shape index (κ3) is 1.93. The van der Waals surface area contributed by atoms with Crippen LogP contribution in [-0.4, -0.2) is 11.2 Å². The van der Waals surface area contributed by atoms with Crippen molar-refractivity contribution >= 4 is 22.6 Å². The van der Waals surface area contributed by atoms with Crippen molar-refractivity contribution in [1.29, 1.82) is 0 Å². The Morgan fingerprint density at radius 1 is 1.56 bits per heavy atom. The van der Waals surface area contributed by atoms with Gasteiger partial charge in [0.2, 0.25) is 0 Å². The van der Waals surface area contributed by atoms with Gasteiger partial charge in [-0.1, -0.05) is 29.0 Å². The van der Waals surface area contributed by atoms with Crippen LogP contribution in [-0.2, 0) is 0 Å². The van der Waals surface area contributed by atoms with Crippen molar-refractivity contribution in [3.05, 3.63) is 9.66 Å². The molecule has 0 aromatic rings. The molecule has 1 aliphatic rings. The van der Waals surface area contributed by atoms with Gasteiger partial charge in [-0.25, -0.2) is 0 Å². The van der Waals surface area contributed by atoms with Gasteiger partial charge in [0.25, 0.3) is 0 Å². The van der Waals surface area contributed by atoms with Crippen LogP contribution in [0.5, 0.6) is 0 Å². The fourth-order valence-corrected chi connectivity index (χ4v) is 1.87. The lowest BCUT2D eigenvalue weighted by Crippen LogP contribution is -2.14. The third-order valence-electron chi connectivity index (χ3n) is 1.76. The fraction of sp³-hybridized carbons (Fsp3) is 0.714. The van der Waals surface area contributed by atoms with E-state index >= 15 is 0 Å². The van der Waals surface area contributed by atoms with Gasteiger partial charge in [0.1, 0.15) is 0 Å². The first-order chi connectivity index (χ1) is 4.34. The van der Waals surface area contributed by atoms with Crippen LogP contribution in [0.4, 0.5) is 0 Å². The zero-order valence-corrected chi connectivity index (χ0v) is 7.47. The highest BCUT2D eigenvalue weighted by molar-refractivity contribution is 14.1. The summed E-state index contributed by atoms with van der Waals surface area (Å²) in [7, 11) is 0. The van der Waals surface area contributed by atoms with Crippen LogP contribution in [0.3, 0.4) is 0 Å². The molecule has 0 aromatic carbocycles. The van der Waals surface area contributed by atoms with Gasteiger partial charge in [0, 0.05) is 0 Å². The molecule has 0 amide bonds. The summed E-state index contributed by atoms with van der Waals surface area (Å²) < 4.78 is 2.02. The Morgan fingerprint density at radius 2 is 2.33 bits per heavy atom. The van der Waals surface area contributed by atoms with E-state index in [0.717, 1.165) is 12.8 Å². The molecule has 0 spiro atoms. The third-order valence-corrected chi connectivity index (χ3v) is 2.56. The summed E-state index contributed by atoms with van der Waals surface area (Å²) in [4.78, 5) is 0. The van der Waals surface area contributed by atoms with Gasteiger partial charge in [-0.2, -0.15) is 0 Å². The van der Waals surface area contributed by atoms with Crippen LogP contribution >= 0.6 is 22.6 Å². The molecule has 1 atom stereocenters. The van der Waals surface area contributed by atoms with Crippen molar-refractivity contribution < 1.29 is 5.11 Å². The van der Waals surface area contributed by atoms with Gasteiger partial charge < -0.3 is 5.11 Å². The van der Waals surface area contributed by atoms with Gasteiger partial charge in [-0.3, -0.25) is 0 Å². The molecular weight excluding hydrogens is 227 g/mol. The van der Waals surface area contributed by atoms with E-state index in [1.165, 1.54) is 18.4 Å². The van der Waals surface area contributed by atoms with E-state index in [2.05, 4.69) is 22.6 Å². The number of hydrogen-bond acceptors (Lipinski definition) is 1. The largest absolute Gasteiger partial charge is 0.389 e. The summed E-state index contributed by atoms with van der Waals surface area (Å²) in [6.07, 6.45) is 4.38. The SMILES string of the molecule is O[C@H]1CCCCC1=CI. The summed E-state index contributed by atoms with van der Waals surface area (Å²) in [5.74, 6) is 0. The highest BCUT2D eigenvalue weighted by Gasteiger charge is 2.14. The molecule has 1 nitrogen and oxygen atoms in total. The minimum absolute atomic E-state index is 0.129. The van der Waals surface area contributed by atoms with Crippen LogP contribution in [0.25, 0.3) is 0 Å². The highest BCUT2D eigenvalue weighted by Crippen LogP contribution is 2.24. The highest BCUT2D eigenvalue weighted by atomic mass is 127. The Bertz CT molecular complexity index is 120. The van der Waals surface area contributed by atoms with E-state index in [9.17, 15) is 5.11 Å². The summed E-state index contributed by atoms with van der Waals surface area (Å²) in [5.41, 5.74) is 1.22. The summed E-state index contributed by atoms with van der Waals surface area (Å²) in [5, 5.41) is 9.30. The lowest BCUT2D eigenvalue weighted by Gasteiger charge is -2.19. The molecule has 0 aliphatic heterocycles. The van der Waals surface area contributed by atoms with Crippen LogP contribution < -0.4 is 0 Å². The number of hydrogen-bond donors (Lipinski definition) is 1. The molecule has 1 rings (SSSR count). The summed E-state index contributed by atoms with van der Waals surface area (Å²) in [6.45, 7) is 0. The van der Waals surface area contributed by atoms with Crippen molar-refractivity contribution in [1.82, 2.24) is 0 Å². The Hall–Kier alpha value is 0.430. The minimum atomic E-state index is -0.129. The first-order valence-electron chi connectivity index (χ1n) is 3.32. The fourth-order valence-electron chi connectivity index (χ4n) is 1.15. The van der Waals surface area contributed by atoms with Crippen molar-refractivity contribution in [2.24, 2.45) is 0 Å². The van der Waals surface area contributed by atoms with Crippen molar-refractivity contribution in [3.63, 3.8) is 0 Å². The normalized spacial score (nSPS) is 33.1. The van der Waals surface area contributed by atoms with Crippen molar-refractivity contribution in [2.45, 2.75) is 31.8 Å². The number of halogens is 1. The number of aliphatic hydroxyl groups is 1. The van der Waals surface area contributed by atoms with Crippen LogP contribution in [0.1, 0.15) is 25.7 Å². The first-order valence-corrected chi connectivity index (χ1v) is 4.56. The van der Waals surface area contributed by atoms with Gasteiger partial charge in [-0.05, 0) is 28.9 Å². The molecule has 1 aliphatic carbocycles. The Balaban J connectivity index is 2.49. The molecule has 1 fully saturated rings. The minimum Gasteiger partial charge on any atom is -0.389 e. The van der Waals surface area contributed by atoms with Crippen LogP contribution in [0.15, 0.2) is 9.66 Å². The standard InChI is InChI=1S/C7H11IO/c8-5-6-3-1-2-4-7(6)9/h5,7,9H,1-4H2/t7-/m0/s1. The van der Waals surface area contributed by atoms with Crippen molar-refractivity contribution in [3.8, 4) is 0 Å². The maximum absolute atomic E-state index is 9.30. The van der Waals surface area contributed by atoms with Crippen molar-refractivity contribution in [2.75, 3.05) is 0 Å². The molecule has 0 saturated heterocycles. The molecule has 52 valence electrons. The Labute approximate surface area is 69.3 Å². The second kappa shape index (κ2) is 3.56. The zero-order valence-electron chi connectivity index (χ0n) is 5.31. The molecule has 0 heterocycles. The molecule has 9 heavy (non-hydrogen) atoms. The average molecular weight is 238 g/mol. The van der Waals surface area contributed by atoms with E-state index in [-0.39, 0.29) is 6.10 Å². The predicted molar refractivity (Wildman–Crippen MR) is 46.6 cm³/mol. The maximum Gasteiger partial charge on any atom is 0.0757 e. The van der Waals surface area contributed by atoms with E-state index < -0.39 is 0 Å². The lowest BCUT2D eigenvalue weighted by atomic mass is 9.94. The monoisotopic (exact) mass is 238 g/mol. The molecule has 1 saturated carbocycles. The van der Waals surface area contributed by atoms with Crippen LogP contribution in [0, 0.1) is 0 Å². The van der Waals surface area contributed by atoms with E-state index in [1.54, 1.807) is 0 Å². The first kappa shape index (κ1) is 7.54. The molecular formula is C7H11IO. The zero-order chi connectivity index (χ0) is 6.69.